The molecule has 8 nitrogen and oxygen atoms in total. The number of ether oxygens (including phenoxy) is 1. The van der Waals surface area contributed by atoms with Crippen LogP contribution >= 0.6 is 23.7 Å². The lowest BCUT2D eigenvalue weighted by Gasteiger charge is -2.23. The van der Waals surface area contributed by atoms with Crippen LogP contribution in [0.3, 0.4) is 0 Å². The summed E-state index contributed by atoms with van der Waals surface area (Å²) in [6, 6.07) is 9.93. The zero-order chi connectivity index (χ0) is 29.0. The van der Waals surface area contributed by atoms with Gasteiger partial charge in [-0.2, -0.15) is 0 Å². The van der Waals surface area contributed by atoms with Crippen LogP contribution in [0.25, 0.3) is 0 Å². The summed E-state index contributed by atoms with van der Waals surface area (Å²) in [4.78, 5) is 27.4. The Morgan fingerprint density at radius 2 is 1.82 bits per heavy atom. The number of amides is 1. The Morgan fingerprint density at radius 3 is 2.45 bits per heavy atom. The van der Waals surface area contributed by atoms with E-state index in [-0.39, 0.29) is 56.8 Å². The monoisotopic (exact) mass is 587 g/mol. The highest BCUT2D eigenvalue weighted by atomic mass is 35.5. The molecule has 0 unspecified atom stereocenters. The molecule has 2 saturated carbocycles. The lowest BCUT2D eigenvalue weighted by molar-refractivity contribution is 0.0948. The largest absolute Gasteiger partial charge is 0.454 e. The third-order valence-electron chi connectivity index (χ3n) is 6.45. The van der Waals surface area contributed by atoms with Crippen molar-refractivity contribution < 1.29 is 13.9 Å². The van der Waals surface area contributed by atoms with Gasteiger partial charge in [0.25, 0.3) is 11.5 Å². The molecule has 0 aliphatic heterocycles. The second kappa shape index (κ2) is 13.0. The number of nitrogens with zero attached hydrogens (tertiary/aromatic N) is 1. The standard InChI is InChI=1S/C27H29ClFN5O3S.C2H6/c1-14-7-12-19(18(29)13-14)32-25-22(26(35)31-16-8-9-16)24(15(2)27(36)34(25)17-10-11-17)37-21-6-4-5-20(23(21)28)33-38-30-3;1-2/h4-7,12-13,16-17,30,32-33H,8-11H2,1-3H3,(H,31,35);1-2H3. The van der Waals surface area contributed by atoms with Gasteiger partial charge in [0, 0.05) is 24.2 Å². The summed E-state index contributed by atoms with van der Waals surface area (Å²) in [5.41, 5.74) is 1.61. The summed E-state index contributed by atoms with van der Waals surface area (Å²) in [5.74, 6) is -0.324. The van der Waals surface area contributed by atoms with E-state index in [0.717, 1.165) is 31.2 Å². The number of aromatic nitrogens is 1. The van der Waals surface area contributed by atoms with E-state index in [4.69, 9.17) is 16.3 Å². The number of nitrogens with one attached hydrogen (secondary N) is 4. The Morgan fingerprint density at radius 1 is 1.10 bits per heavy atom. The van der Waals surface area contributed by atoms with Crippen molar-refractivity contribution in [3.05, 3.63) is 74.3 Å². The molecule has 40 heavy (non-hydrogen) atoms. The number of anilines is 3. The van der Waals surface area contributed by atoms with E-state index < -0.39 is 11.7 Å². The Hall–Kier alpha value is -3.21. The van der Waals surface area contributed by atoms with Gasteiger partial charge in [0.2, 0.25) is 0 Å². The molecule has 0 radical (unpaired) electrons. The molecule has 1 aromatic heterocycles. The van der Waals surface area contributed by atoms with Crippen molar-refractivity contribution in [1.29, 1.82) is 0 Å². The molecule has 0 spiro atoms. The van der Waals surface area contributed by atoms with Crippen molar-refractivity contribution in [2.24, 2.45) is 0 Å². The highest BCUT2D eigenvalue weighted by Gasteiger charge is 2.35. The van der Waals surface area contributed by atoms with Gasteiger partial charge in [0.15, 0.2) is 5.75 Å². The highest BCUT2D eigenvalue weighted by Crippen LogP contribution is 2.43. The molecular formula is C29H35ClFN5O3S. The van der Waals surface area contributed by atoms with Gasteiger partial charge in [-0.25, -0.2) is 9.11 Å². The zero-order valence-electron chi connectivity index (χ0n) is 23.3. The predicted molar refractivity (Wildman–Crippen MR) is 162 cm³/mol. The van der Waals surface area contributed by atoms with Crippen LogP contribution in [-0.2, 0) is 0 Å². The van der Waals surface area contributed by atoms with Gasteiger partial charge < -0.3 is 20.1 Å². The second-order valence-electron chi connectivity index (χ2n) is 9.57. The van der Waals surface area contributed by atoms with E-state index >= 15 is 0 Å². The molecule has 0 bridgehead atoms. The van der Waals surface area contributed by atoms with Crippen molar-refractivity contribution in [3.8, 4) is 11.5 Å². The molecule has 1 heterocycles. The number of hydrogen-bond acceptors (Lipinski definition) is 7. The topological polar surface area (TPSA) is 96.4 Å². The molecule has 0 atom stereocenters. The van der Waals surface area contributed by atoms with Crippen molar-refractivity contribution in [1.82, 2.24) is 14.6 Å². The summed E-state index contributed by atoms with van der Waals surface area (Å²) in [5, 5.41) is 6.37. The molecule has 2 aliphatic rings. The number of hydrogen-bond donors (Lipinski definition) is 4. The summed E-state index contributed by atoms with van der Waals surface area (Å²) in [7, 11) is 1.76. The molecule has 3 aromatic rings. The van der Waals surface area contributed by atoms with Crippen LogP contribution in [0.1, 0.15) is 67.1 Å². The van der Waals surface area contributed by atoms with Crippen LogP contribution in [-0.4, -0.2) is 23.6 Å². The van der Waals surface area contributed by atoms with Gasteiger partial charge >= 0.3 is 0 Å². The van der Waals surface area contributed by atoms with Gasteiger partial charge in [-0.15, -0.1) is 0 Å². The minimum absolute atomic E-state index is 0.0515. The second-order valence-corrected chi connectivity index (χ2v) is 10.8. The van der Waals surface area contributed by atoms with Crippen LogP contribution < -0.4 is 30.4 Å². The molecule has 4 N–H and O–H groups in total. The van der Waals surface area contributed by atoms with E-state index in [0.29, 0.717) is 5.69 Å². The van der Waals surface area contributed by atoms with Gasteiger partial charge in [0.1, 0.15) is 28.0 Å². The first-order valence-electron chi connectivity index (χ1n) is 13.5. The van der Waals surface area contributed by atoms with E-state index in [1.54, 1.807) is 55.8 Å². The Kier molecular flexibility index (Phi) is 9.65. The maximum Gasteiger partial charge on any atom is 0.259 e. The van der Waals surface area contributed by atoms with Crippen LogP contribution in [0.2, 0.25) is 5.02 Å². The Bertz CT molecular complexity index is 1460. The van der Waals surface area contributed by atoms with Gasteiger partial charge in [-0.3, -0.25) is 14.2 Å². The lowest BCUT2D eigenvalue weighted by Crippen LogP contribution is -2.32. The predicted octanol–water partition coefficient (Wildman–Crippen LogP) is 7.24. The SMILES string of the molecule is CC.CNSNc1cccc(Oc2c(C(=O)NC3CC3)c(Nc3ccc(C)cc3F)n(C3CC3)c(=O)c2C)c1Cl. The first-order valence-corrected chi connectivity index (χ1v) is 14.7. The fourth-order valence-corrected chi connectivity index (χ4v) is 4.81. The summed E-state index contributed by atoms with van der Waals surface area (Å²) in [6.45, 7) is 7.43. The molecular weight excluding hydrogens is 553 g/mol. The first-order chi connectivity index (χ1) is 19.3. The molecule has 0 saturated heterocycles. The van der Waals surface area contributed by atoms with Crippen LogP contribution in [0.15, 0.2) is 41.2 Å². The minimum atomic E-state index is -0.486. The van der Waals surface area contributed by atoms with Crippen molar-refractivity contribution >= 4 is 46.8 Å². The number of aryl methyl sites for hydroxylation is 1. The fourth-order valence-electron chi connectivity index (χ4n) is 4.16. The number of pyridine rings is 1. The normalized spacial score (nSPS) is 14.2. The van der Waals surface area contributed by atoms with E-state index in [1.165, 1.54) is 18.2 Å². The van der Waals surface area contributed by atoms with Gasteiger partial charge in [-0.05, 0) is 76.4 Å². The molecule has 2 aromatic carbocycles. The van der Waals surface area contributed by atoms with Crippen LogP contribution in [0.5, 0.6) is 11.5 Å². The molecule has 1 amide bonds. The number of benzene rings is 2. The smallest absolute Gasteiger partial charge is 0.259 e. The molecule has 2 aliphatic carbocycles. The number of halogens is 2. The minimum Gasteiger partial charge on any atom is -0.454 e. The number of rotatable bonds is 10. The van der Waals surface area contributed by atoms with Gasteiger partial charge in [0.05, 0.1) is 16.9 Å². The summed E-state index contributed by atoms with van der Waals surface area (Å²) < 4.78 is 28.8. The third kappa shape index (κ3) is 6.56. The van der Waals surface area contributed by atoms with Gasteiger partial charge in [-0.1, -0.05) is 37.6 Å². The zero-order valence-corrected chi connectivity index (χ0v) is 24.9. The Balaban J connectivity index is 0.00000181. The first kappa shape index (κ1) is 29.8. The average molecular weight is 588 g/mol. The molecule has 5 rings (SSSR count). The number of carbonyl (C=O) groups is 1. The van der Waals surface area contributed by atoms with E-state index in [1.807, 2.05) is 13.8 Å². The fraction of sp³-hybridized carbons (Fsp3) is 0.379. The lowest BCUT2D eigenvalue weighted by atomic mass is 10.1. The third-order valence-corrected chi connectivity index (χ3v) is 7.37. The number of carbonyl (C=O) groups excluding carboxylic acids is 1. The maximum absolute atomic E-state index is 15.0. The average Bonchev–Trinajstić information content (AvgIpc) is 3.87. The summed E-state index contributed by atoms with van der Waals surface area (Å²) >= 11 is 7.86. The van der Waals surface area contributed by atoms with Crippen molar-refractivity contribution in [3.63, 3.8) is 0 Å². The maximum atomic E-state index is 15.0. The quantitative estimate of drug-likeness (QED) is 0.186. The van der Waals surface area contributed by atoms with Crippen LogP contribution in [0, 0.1) is 19.7 Å². The Labute approximate surface area is 243 Å². The molecule has 2 fully saturated rings. The summed E-state index contributed by atoms with van der Waals surface area (Å²) in [6.07, 6.45) is 3.33. The van der Waals surface area contributed by atoms with Crippen LogP contribution in [0.4, 0.5) is 21.6 Å². The molecule has 11 heteroatoms. The molecule has 214 valence electrons. The van der Waals surface area contributed by atoms with E-state index in [9.17, 15) is 14.0 Å². The van der Waals surface area contributed by atoms with Crippen molar-refractivity contribution in [2.45, 2.75) is 65.5 Å². The van der Waals surface area contributed by atoms with Crippen molar-refractivity contribution in [2.75, 3.05) is 17.1 Å². The van der Waals surface area contributed by atoms with E-state index in [2.05, 4.69) is 20.1 Å². The highest BCUT2D eigenvalue weighted by molar-refractivity contribution is 7.98.